The number of benzene rings is 1. The lowest BCUT2D eigenvalue weighted by Crippen LogP contribution is -2.29. The molecule has 1 aromatic carbocycles. The lowest BCUT2D eigenvalue weighted by Gasteiger charge is -2.25. The van der Waals surface area contributed by atoms with Crippen LogP contribution in [0.3, 0.4) is 0 Å². The lowest BCUT2D eigenvalue weighted by molar-refractivity contribution is 0.478. The predicted octanol–water partition coefficient (Wildman–Crippen LogP) is 5.78. The fourth-order valence-corrected chi connectivity index (χ4v) is 4.17. The smallest absolute Gasteiger partial charge is 0.160 e. The van der Waals surface area contributed by atoms with Crippen molar-refractivity contribution in [2.45, 2.75) is 34.1 Å². The van der Waals surface area contributed by atoms with Gasteiger partial charge in [0.2, 0.25) is 0 Å². The average Bonchev–Trinajstić information content (AvgIpc) is 3.33. The monoisotopic (exact) mass is 482 g/mol. The van der Waals surface area contributed by atoms with Crippen molar-refractivity contribution >= 4 is 34.0 Å². The molecule has 0 aliphatic rings. The molecule has 0 aliphatic carbocycles. The first-order valence-corrected chi connectivity index (χ1v) is 12.2. The molecular weight excluding hydrogens is 452 g/mol. The number of nitrogens with zero attached hydrogens (tertiary/aromatic N) is 7. The minimum Gasteiger partial charge on any atom is -0.457 e. The van der Waals surface area contributed by atoms with Gasteiger partial charge in [-0.1, -0.05) is 20.8 Å². The van der Waals surface area contributed by atoms with Crippen LogP contribution in [0.15, 0.2) is 61.3 Å². The highest BCUT2D eigenvalue weighted by Gasteiger charge is 2.13. The molecule has 0 saturated carbocycles. The van der Waals surface area contributed by atoms with Gasteiger partial charge in [0.15, 0.2) is 11.5 Å². The third-order valence-corrected chi connectivity index (χ3v) is 5.79. The maximum atomic E-state index is 6.11. The number of rotatable bonds is 9. The summed E-state index contributed by atoms with van der Waals surface area (Å²) in [5.74, 6) is 3.63. The number of ether oxygens (including phenoxy) is 1. The van der Waals surface area contributed by atoms with Gasteiger partial charge in [-0.25, -0.2) is 24.5 Å². The Hall–Kier alpha value is -4.27. The zero-order valence-corrected chi connectivity index (χ0v) is 21.0. The summed E-state index contributed by atoms with van der Waals surface area (Å²) in [6, 6.07) is 13.7. The van der Waals surface area contributed by atoms with Crippen molar-refractivity contribution < 1.29 is 4.74 Å². The number of anilines is 3. The predicted molar refractivity (Wildman–Crippen MR) is 142 cm³/mol. The summed E-state index contributed by atoms with van der Waals surface area (Å²) in [5, 5.41) is 7.55. The van der Waals surface area contributed by atoms with Crippen LogP contribution in [-0.4, -0.2) is 42.6 Å². The van der Waals surface area contributed by atoms with Gasteiger partial charge in [-0.15, -0.1) is 0 Å². The van der Waals surface area contributed by atoms with Crippen LogP contribution in [0.5, 0.6) is 11.5 Å². The van der Waals surface area contributed by atoms with Gasteiger partial charge in [0.25, 0.3) is 0 Å². The highest BCUT2D eigenvalue weighted by Crippen LogP contribution is 2.30. The van der Waals surface area contributed by atoms with Crippen molar-refractivity contribution in [3.8, 4) is 11.5 Å². The Kier molecular flexibility index (Phi) is 6.62. The SMILES string of the molecule is CCCN(CC(C)C)c1ccc2ncnc(Nc3ccc(Oc4ccn5ncnc5c4)c(C)c3)c2n1. The van der Waals surface area contributed by atoms with Crippen molar-refractivity contribution in [3.05, 3.63) is 66.9 Å². The van der Waals surface area contributed by atoms with E-state index in [0.717, 1.165) is 59.0 Å². The molecule has 0 saturated heterocycles. The molecule has 0 fully saturated rings. The first-order chi connectivity index (χ1) is 17.5. The molecule has 0 amide bonds. The van der Waals surface area contributed by atoms with E-state index in [2.05, 4.69) is 51.0 Å². The van der Waals surface area contributed by atoms with Gasteiger partial charge in [-0.3, -0.25) is 0 Å². The summed E-state index contributed by atoms with van der Waals surface area (Å²) in [7, 11) is 0. The molecule has 1 N–H and O–H groups in total. The zero-order valence-electron chi connectivity index (χ0n) is 21.0. The van der Waals surface area contributed by atoms with Crippen LogP contribution >= 0.6 is 0 Å². The number of fused-ring (bicyclic) bond motifs is 2. The van der Waals surface area contributed by atoms with Crippen LogP contribution in [0.1, 0.15) is 32.8 Å². The Balaban J connectivity index is 1.40. The fraction of sp³-hybridized carbons (Fsp3) is 0.296. The Morgan fingerprint density at radius 1 is 1.03 bits per heavy atom. The number of pyridine rings is 2. The molecule has 9 heteroatoms. The van der Waals surface area contributed by atoms with Crippen LogP contribution in [0.25, 0.3) is 16.7 Å². The second-order valence-corrected chi connectivity index (χ2v) is 9.23. The van der Waals surface area contributed by atoms with Crippen LogP contribution in [0.2, 0.25) is 0 Å². The molecule has 9 nitrogen and oxygen atoms in total. The van der Waals surface area contributed by atoms with Gasteiger partial charge in [0.05, 0.1) is 5.52 Å². The van der Waals surface area contributed by atoms with Crippen molar-refractivity contribution in [2.24, 2.45) is 5.92 Å². The van der Waals surface area contributed by atoms with Crippen molar-refractivity contribution in [1.82, 2.24) is 29.5 Å². The maximum absolute atomic E-state index is 6.11. The summed E-state index contributed by atoms with van der Waals surface area (Å²) >= 11 is 0. The van der Waals surface area contributed by atoms with Gasteiger partial charge >= 0.3 is 0 Å². The van der Waals surface area contributed by atoms with Crippen molar-refractivity contribution in [1.29, 1.82) is 0 Å². The van der Waals surface area contributed by atoms with E-state index in [1.165, 1.54) is 6.33 Å². The molecule has 4 heterocycles. The number of aryl methyl sites for hydroxylation is 1. The second-order valence-electron chi connectivity index (χ2n) is 9.23. The van der Waals surface area contributed by atoms with Crippen LogP contribution in [0.4, 0.5) is 17.3 Å². The topological polar surface area (TPSA) is 93.4 Å². The lowest BCUT2D eigenvalue weighted by atomic mass is 10.2. The number of nitrogens with one attached hydrogen (secondary N) is 1. The van der Waals surface area contributed by atoms with Crippen molar-refractivity contribution in [2.75, 3.05) is 23.3 Å². The number of aromatic nitrogens is 6. The molecule has 0 bridgehead atoms. The van der Waals surface area contributed by atoms with E-state index in [0.29, 0.717) is 17.5 Å². The fourth-order valence-electron chi connectivity index (χ4n) is 4.17. The van der Waals surface area contributed by atoms with Gasteiger partial charge < -0.3 is 15.0 Å². The minimum atomic E-state index is 0.542. The first kappa shape index (κ1) is 23.5. The quantitative estimate of drug-likeness (QED) is 0.282. The van der Waals surface area contributed by atoms with Gasteiger partial charge in [0.1, 0.15) is 35.5 Å². The Bertz CT molecular complexity index is 1500. The zero-order chi connectivity index (χ0) is 25.1. The summed E-state index contributed by atoms with van der Waals surface area (Å²) in [4.78, 5) is 20.4. The van der Waals surface area contributed by atoms with Crippen LogP contribution in [-0.2, 0) is 0 Å². The van der Waals surface area contributed by atoms with E-state index in [4.69, 9.17) is 9.72 Å². The van der Waals surface area contributed by atoms with E-state index >= 15 is 0 Å². The highest BCUT2D eigenvalue weighted by molar-refractivity contribution is 5.88. The minimum absolute atomic E-state index is 0.542. The van der Waals surface area contributed by atoms with E-state index in [9.17, 15) is 0 Å². The van der Waals surface area contributed by atoms with Gasteiger partial charge in [-0.05, 0) is 61.2 Å². The molecule has 0 aliphatic heterocycles. The van der Waals surface area contributed by atoms with Gasteiger partial charge in [-0.2, -0.15) is 5.10 Å². The van der Waals surface area contributed by atoms with E-state index in [-0.39, 0.29) is 0 Å². The largest absolute Gasteiger partial charge is 0.457 e. The Labute approximate surface area is 210 Å². The van der Waals surface area contributed by atoms with Crippen LogP contribution < -0.4 is 15.0 Å². The summed E-state index contributed by atoms with van der Waals surface area (Å²) in [6.45, 7) is 10.6. The maximum Gasteiger partial charge on any atom is 0.160 e. The number of hydrogen-bond donors (Lipinski definition) is 1. The summed E-state index contributed by atoms with van der Waals surface area (Å²) < 4.78 is 7.80. The summed E-state index contributed by atoms with van der Waals surface area (Å²) in [6.07, 6.45) is 5.97. The highest BCUT2D eigenvalue weighted by atomic mass is 16.5. The van der Waals surface area contributed by atoms with E-state index in [1.54, 1.807) is 10.8 Å². The standard InChI is InChI=1S/C27H30N8O/c1-5-11-34(15-18(2)3)24-9-7-22-26(33-24)27(30-16-28-22)32-20-6-8-23(19(4)13-20)36-21-10-12-35-25(14-21)29-17-31-35/h6-10,12-14,16-18H,5,11,15H2,1-4H3,(H,28,30,32). The molecule has 5 aromatic rings. The molecule has 0 radical (unpaired) electrons. The third-order valence-electron chi connectivity index (χ3n) is 5.79. The average molecular weight is 483 g/mol. The second kappa shape index (κ2) is 10.2. The normalized spacial score (nSPS) is 11.4. The molecular formula is C27H30N8O. The Morgan fingerprint density at radius 3 is 2.72 bits per heavy atom. The molecule has 0 unspecified atom stereocenters. The Morgan fingerprint density at radius 2 is 1.92 bits per heavy atom. The molecule has 5 rings (SSSR count). The molecule has 184 valence electrons. The van der Waals surface area contributed by atoms with Crippen molar-refractivity contribution in [3.63, 3.8) is 0 Å². The summed E-state index contributed by atoms with van der Waals surface area (Å²) in [5.41, 5.74) is 4.17. The molecule has 36 heavy (non-hydrogen) atoms. The number of hydrogen-bond acceptors (Lipinski definition) is 8. The molecule has 0 spiro atoms. The van der Waals surface area contributed by atoms with Crippen LogP contribution in [0, 0.1) is 12.8 Å². The first-order valence-electron chi connectivity index (χ1n) is 12.2. The van der Waals surface area contributed by atoms with E-state index in [1.807, 2.05) is 55.6 Å². The third kappa shape index (κ3) is 5.05. The van der Waals surface area contributed by atoms with E-state index < -0.39 is 0 Å². The molecule has 0 atom stereocenters. The molecule has 4 aromatic heterocycles. The van der Waals surface area contributed by atoms with Gasteiger partial charge in [0, 0.05) is 31.0 Å².